The van der Waals surface area contributed by atoms with Gasteiger partial charge in [-0.2, -0.15) is 0 Å². The van der Waals surface area contributed by atoms with Crippen LogP contribution < -0.4 is 16.0 Å². The summed E-state index contributed by atoms with van der Waals surface area (Å²) in [4.78, 5) is 33.7. The van der Waals surface area contributed by atoms with E-state index in [-0.39, 0.29) is 12.5 Å². The number of urea groups is 1. The number of aliphatic carboxylic acids is 1. The van der Waals surface area contributed by atoms with Crippen molar-refractivity contribution in [3.05, 3.63) is 0 Å². The number of nitrogens with one attached hydrogen (secondary N) is 3. The topological polar surface area (TPSA) is 108 Å². The number of carboxylic acids is 1. The van der Waals surface area contributed by atoms with E-state index in [1.165, 1.54) is 0 Å². The molecule has 0 rings (SSSR count). The maximum atomic E-state index is 11.5. The van der Waals surface area contributed by atoms with Gasteiger partial charge >= 0.3 is 12.0 Å². The first-order valence-electron chi connectivity index (χ1n) is 6.47. The first-order valence-corrected chi connectivity index (χ1v) is 6.47. The molecule has 0 fully saturated rings. The van der Waals surface area contributed by atoms with Crippen molar-refractivity contribution < 1.29 is 19.5 Å². The van der Waals surface area contributed by atoms with Crippen LogP contribution in [0.15, 0.2) is 0 Å². The first kappa shape index (κ1) is 17.2. The van der Waals surface area contributed by atoms with Gasteiger partial charge in [-0.25, -0.2) is 4.79 Å². The van der Waals surface area contributed by atoms with Crippen LogP contribution in [-0.2, 0) is 9.59 Å². The fraction of sp³-hybridized carbons (Fsp3) is 0.750. The fourth-order valence-electron chi connectivity index (χ4n) is 1.34. The van der Waals surface area contributed by atoms with Crippen molar-refractivity contribution in [2.24, 2.45) is 5.92 Å². The monoisotopic (exact) mass is 273 g/mol. The molecular formula is C12H23N3O4. The number of carbonyl (C=O) groups is 3. The number of carbonyl (C=O) groups excluding carboxylic acids is 2. The van der Waals surface area contributed by atoms with Crippen molar-refractivity contribution >= 4 is 17.9 Å². The van der Waals surface area contributed by atoms with Crippen LogP contribution in [-0.4, -0.2) is 42.1 Å². The molecule has 0 aromatic rings. The normalized spacial score (nSPS) is 13.2. The standard InChI is InChI=1S/C12H23N3O4/c1-4-6-13-10(16)8(3)15-12(19)14-7-9(5-2)11(17)18/h8-9H,4-7H2,1-3H3,(H,13,16)(H,17,18)(H2,14,15,19). The van der Waals surface area contributed by atoms with Crippen LogP contribution in [0.2, 0.25) is 0 Å². The van der Waals surface area contributed by atoms with E-state index in [4.69, 9.17) is 5.11 Å². The van der Waals surface area contributed by atoms with Gasteiger partial charge in [0.25, 0.3) is 0 Å². The van der Waals surface area contributed by atoms with Crippen molar-refractivity contribution in [3.63, 3.8) is 0 Å². The van der Waals surface area contributed by atoms with Crippen LogP contribution in [0.4, 0.5) is 4.79 Å². The van der Waals surface area contributed by atoms with Crippen LogP contribution in [0.1, 0.15) is 33.6 Å². The Morgan fingerprint density at radius 3 is 2.26 bits per heavy atom. The molecule has 7 nitrogen and oxygen atoms in total. The molecule has 3 amide bonds. The van der Waals surface area contributed by atoms with Gasteiger partial charge in [-0.1, -0.05) is 13.8 Å². The maximum Gasteiger partial charge on any atom is 0.315 e. The smallest absolute Gasteiger partial charge is 0.315 e. The van der Waals surface area contributed by atoms with Crippen molar-refractivity contribution in [2.75, 3.05) is 13.1 Å². The van der Waals surface area contributed by atoms with Crippen LogP contribution >= 0.6 is 0 Å². The molecule has 4 N–H and O–H groups in total. The molecule has 0 radical (unpaired) electrons. The Labute approximate surface area is 113 Å². The van der Waals surface area contributed by atoms with E-state index in [9.17, 15) is 14.4 Å². The van der Waals surface area contributed by atoms with E-state index < -0.39 is 24.0 Å². The number of hydrogen-bond donors (Lipinski definition) is 4. The highest BCUT2D eigenvalue weighted by molar-refractivity contribution is 5.86. The average molecular weight is 273 g/mol. The molecule has 0 bridgehead atoms. The number of carboxylic acid groups (broad SMARTS) is 1. The quantitative estimate of drug-likeness (QED) is 0.510. The molecule has 2 unspecified atom stereocenters. The summed E-state index contributed by atoms with van der Waals surface area (Å²) in [5, 5.41) is 16.4. The highest BCUT2D eigenvalue weighted by Crippen LogP contribution is 2.00. The minimum absolute atomic E-state index is 0.0426. The summed E-state index contributed by atoms with van der Waals surface area (Å²) in [6.45, 7) is 5.84. The minimum atomic E-state index is -0.948. The second-order valence-electron chi connectivity index (χ2n) is 4.31. The summed E-state index contributed by atoms with van der Waals surface area (Å²) in [5.74, 6) is -1.83. The summed E-state index contributed by atoms with van der Waals surface area (Å²) in [5.41, 5.74) is 0. The van der Waals surface area contributed by atoms with E-state index in [0.29, 0.717) is 13.0 Å². The Bertz CT molecular complexity index is 320. The summed E-state index contributed by atoms with van der Waals surface area (Å²) in [6.07, 6.45) is 1.25. The zero-order chi connectivity index (χ0) is 14.8. The van der Waals surface area contributed by atoms with Gasteiger partial charge in [0.05, 0.1) is 5.92 Å². The summed E-state index contributed by atoms with van der Waals surface area (Å²) in [6, 6.07) is -1.20. The van der Waals surface area contributed by atoms with Gasteiger partial charge in [0, 0.05) is 13.1 Å². The van der Waals surface area contributed by atoms with Crippen LogP contribution in [0.25, 0.3) is 0 Å². The summed E-state index contributed by atoms with van der Waals surface area (Å²) >= 11 is 0. The maximum absolute atomic E-state index is 11.5. The lowest BCUT2D eigenvalue weighted by molar-refractivity contribution is -0.141. The van der Waals surface area contributed by atoms with Crippen molar-refractivity contribution in [2.45, 2.75) is 39.7 Å². The summed E-state index contributed by atoms with van der Waals surface area (Å²) < 4.78 is 0. The predicted molar refractivity (Wildman–Crippen MR) is 70.7 cm³/mol. The van der Waals surface area contributed by atoms with E-state index in [1.54, 1.807) is 13.8 Å². The average Bonchev–Trinajstić information content (AvgIpc) is 2.35. The Morgan fingerprint density at radius 2 is 1.79 bits per heavy atom. The van der Waals surface area contributed by atoms with Gasteiger partial charge in [-0.05, 0) is 19.8 Å². The van der Waals surface area contributed by atoms with E-state index >= 15 is 0 Å². The lowest BCUT2D eigenvalue weighted by Crippen LogP contribution is -2.49. The van der Waals surface area contributed by atoms with Gasteiger partial charge in [-0.15, -0.1) is 0 Å². The molecule has 19 heavy (non-hydrogen) atoms. The number of rotatable bonds is 8. The molecule has 0 spiro atoms. The van der Waals surface area contributed by atoms with Crippen LogP contribution in [0.3, 0.4) is 0 Å². The molecular weight excluding hydrogens is 250 g/mol. The zero-order valence-corrected chi connectivity index (χ0v) is 11.7. The Balaban J connectivity index is 4.03. The highest BCUT2D eigenvalue weighted by atomic mass is 16.4. The zero-order valence-electron chi connectivity index (χ0n) is 11.7. The highest BCUT2D eigenvalue weighted by Gasteiger charge is 2.18. The lowest BCUT2D eigenvalue weighted by Gasteiger charge is -2.16. The Morgan fingerprint density at radius 1 is 1.16 bits per heavy atom. The van der Waals surface area contributed by atoms with Gasteiger partial charge in [0.15, 0.2) is 0 Å². The molecule has 2 atom stereocenters. The summed E-state index contributed by atoms with van der Waals surface area (Å²) in [7, 11) is 0. The molecule has 0 aromatic carbocycles. The van der Waals surface area contributed by atoms with E-state index in [2.05, 4.69) is 16.0 Å². The second-order valence-corrected chi connectivity index (χ2v) is 4.31. The third-order valence-corrected chi connectivity index (χ3v) is 2.64. The van der Waals surface area contributed by atoms with Crippen molar-refractivity contribution in [1.82, 2.24) is 16.0 Å². The molecule has 0 aliphatic carbocycles. The van der Waals surface area contributed by atoms with E-state index in [0.717, 1.165) is 6.42 Å². The van der Waals surface area contributed by atoms with E-state index in [1.807, 2.05) is 6.92 Å². The molecule has 110 valence electrons. The molecule has 0 saturated heterocycles. The molecule has 0 aliphatic heterocycles. The van der Waals surface area contributed by atoms with Crippen LogP contribution in [0.5, 0.6) is 0 Å². The largest absolute Gasteiger partial charge is 0.481 e. The first-order chi connectivity index (χ1) is 8.92. The second kappa shape index (κ2) is 9.18. The van der Waals surface area contributed by atoms with Crippen molar-refractivity contribution in [3.8, 4) is 0 Å². The van der Waals surface area contributed by atoms with Gasteiger partial charge in [-0.3, -0.25) is 9.59 Å². The molecule has 0 aliphatic rings. The van der Waals surface area contributed by atoms with Crippen molar-refractivity contribution in [1.29, 1.82) is 0 Å². The Hall–Kier alpha value is -1.79. The number of amides is 3. The Kier molecular flexibility index (Phi) is 8.32. The lowest BCUT2D eigenvalue weighted by atomic mass is 10.1. The van der Waals surface area contributed by atoms with Gasteiger partial charge in [0.2, 0.25) is 5.91 Å². The van der Waals surface area contributed by atoms with Gasteiger partial charge in [0.1, 0.15) is 6.04 Å². The SMILES string of the molecule is CCCNC(=O)C(C)NC(=O)NCC(CC)C(=O)O. The molecule has 7 heteroatoms. The third kappa shape index (κ3) is 7.28. The molecule has 0 heterocycles. The van der Waals surface area contributed by atoms with Crippen LogP contribution in [0, 0.1) is 5.92 Å². The predicted octanol–water partition coefficient (Wildman–Crippen LogP) is 0.311. The molecule has 0 saturated carbocycles. The molecule has 0 aromatic heterocycles. The minimum Gasteiger partial charge on any atom is -0.481 e. The van der Waals surface area contributed by atoms with Gasteiger partial charge < -0.3 is 21.1 Å². The third-order valence-electron chi connectivity index (χ3n) is 2.64. The number of hydrogen-bond acceptors (Lipinski definition) is 3. The fourth-order valence-corrected chi connectivity index (χ4v) is 1.34.